The Labute approximate surface area is 112 Å². The molecule has 0 unspecified atom stereocenters. The van der Waals surface area contributed by atoms with Crippen LogP contribution in [0.1, 0.15) is 34.7 Å². The second-order valence-corrected chi connectivity index (χ2v) is 4.51. The highest BCUT2D eigenvalue weighted by Gasteiger charge is 2.16. The fourth-order valence-corrected chi connectivity index (χ4v) is 1.94. The van der Waals surface area contributed by atoms with Crippen LogP contribution in [-0.2, 0) is 9.59 Å². The maximum Gasteiger partial charge on any atom is 0.328 e. The van der Waals surface area contributed by atoms with E-state index in [1.54, 1.807) is 0 Å². The van der Waals surface area contributed by atoms with Crippen LogP contribution in [0.2, 0.25) is 0 Å². The fraction of sp³-hybridized carbons (Fsp3) is 0.333. The molecule has 0 aliphatic heterocycles. The Morgan fingerprint density at radius 1 is 1.00 bits per heavy atom. The molecular formula is C15H18O4. The van der Waals surface area contributed by atoms with Crippen LogP contribution in [0.4, 0.5) is 0 Å². The van der Waals surface area contributed by atoms with Gasteiger partial charge in [0.15, 0.2) is 0 Å². The molecule has 0 aliphatic rings. The molecule has 0 radical (unpaired) electrons. The molecule has 4 heteroatoms. The summed E-state index contributed by atoms with van der Waals surface area (Å²) in [5.41, 5.74) is 4.51. The minimum Gasteiger partial charge on any atom is -0.478 e. The highest BCUT2D eigenvalue weighted by molar-refractivity contribution is 5.87. The molecule has 0 saturated heterocycles. The first-order valence-electron chi connectivity index (χ1n) is 5.95. The van der Waals surface area contributed by atoms with E-state index in [1.807, 2.05) is 27.7 Å². The molecule has 1 N–H and O–H groups in total. The molecule has 4 nitrogen and oxygen atoms in total. The first-order valence-corrected chi connectivity index (χ1v) is 5.95. The molecule has 0 atom stereocenters. The van der Waals surface area contributed by atoms with Crippen LogP contribution < -0.4 is 4.74 Å². The van der Waals surface area contributed by atoms with Gasteiger partial charge < -0.3 is 9.84 Å². The van der Waals surface area contributed by atoms with Crippen molar-refractivity contribution in [1.82, 2.24) is 0 Å². The molecule has 1 aromatic carbocycles. The van der Waals surface area contributed by atoms with Crippen LogP contribution in [0.3, 0.4) is 0 Å². The zero-order valence-electron chi connectivity index (χ0n) is 11.8. The van der Waals surface area contributed by atoms with E-state index in [0.29, 0.717) is 11.3 Å². The van der Waals surface area contributed by atoms with Gasteiger partial charge >= 0.3 is 11.9 Å². The monoisotopic (exact) mass is 262 g/mol. The van der Waals surface area contributed by atoms with Crippen LogP contribution >= 0.6 is 0 Å². The molecule has 19 heavy (non-hydrogen) atoms. The lowest BCUT2D eigenvalue weighted by Gasteiger charge is -2.17. The van der Waals surface area contributed by atoms with Crippen molar-refractivity contribution in [3.8, 4) is 5.75 Å². The Morgan fingerprint density at radius 2 is 1.53 bits per heavy atom. The van der Waals surface area contributed by atoms with Gasteiger partial charge in [0.25, 0.3) is 0 Å². The summed E-state index contributed by atoms with van der Waals surface area (Å²) in [5, 5.41) is 8.74. The lowest BCUT2D eigenvalue weighted by atomic mass is 9.93. The van der Waals surface area contributed by atoms with Crippen LogP contribution in [-0.4, -0.2) is 17.0 Å². The number of carboxylic acid groups (broad SMARTS) is 1. The molecule has 0 fully saturated rings. The van der Waals surface area contributed by atoms with Gasteiger partial charge in [-0.1, -0.05) is 0 Å². The van der Waals surface area contributed by atoms with Gasteiger partial charge in [0.2, 0.25) is 0 Å². The van der Waals surface area contributed by atoms with E-state index < -0.39 is 11.9 Å². The third-order valence-electron chi connectivity index (χ3n) is 3.32. The molecule has 0 aromatic heterocycles. The molecule has 0 aliphatic carbocycles. The smallest absolute Gasteiger partial charge is 0.328 e. The van der Waals surface area contributed by atoms with Crippen molar-refractivity contribution in [2.75, 3.05) is 0 Å². The maximum absolute atomic E-state index is 11.2. The fourth-order valence-electron chi connectivity index (χ4n) is 1.94. The molecule has 0 amide bonds. The van der Waals surface area contributed by atoms with Gasteiger partial charge in [0.05, 0.1) is 0 Å². The topological polar surface area (TPSA) is 63.6 Å². The van der Waals surface area contributed by atoms with Gasteiger partial charge in [-0.05, 0) is 56.0 Å². The van der Waals surface area contributed by atoms with Gasteiger partial charge in [0.1, 0.15) is 5.75 Å². The minimum atomic E-state index is -1.04. The van der Waals surface area contributed by atoms with Crippen molar-refractivity contribution in [3.63, 3.8) is 0 Å². The SMILES string of the molecule is CC(=O)Oc1c(C)c(C)c(C)c(C)c1/C=C/C(=O)O. The van der Waals surface area contributed by atoms with E-state index in [2.05, 4.69) is 0 Å². The van der Waals surface area contributed by atoms with E-state index in [1.165, 1.54) is 13.0 Å². The summed E-state index contributed by atoms with van der Waals surface area (Å²) < 4.78 is 5.24. The number of carboxylic acids is 1. The third kappa shape index (κ3) is 3.22. The van der Waals surface area contributed by atoms with Crippen molar-refractivity contribution in [3.05, 3.63) is 33.9 Å². The number of rotatable bonds is 3. The maximum atomic E-state index is 11.2. The minimum absolute atomic E-state index is 0.421. The van der Waals surface area contributed by atoms with Crippen LogP contribution in [0, 0.1) is 27.7 Å². The number of hydrogen-bond donors (Lipinski definition) is 1. The summed E-state index contributed by atoms with van der Waals surface area (Å²) in [7, 11) is 0. The predicted octanol–water partition coefficient (Wildman–Crippen LogP) is 2.94. The van der Waals surface area contributed by atoms with E-state index in [9.17, 15) is 9.59 Å². The molecule has 0 saturated carbocycles. The normalized spacial score (nSPS) is 10.8. The van der Waals surface area contributed by atoms with Gasteiger partial charge in [-0.25, -0.2) is 4.79 Å². The number of benzene rings is 1. The van der Waals surface area contributed by atoms with Gasteiger partial charge in [0, 0.05) is 18.6 Å². The molecule has 102 valence electrons. The number of ether oxygens (including phenoxy) is 1. The first-order chi connectivity index (χ1) is 8.75. The van der Waals surface area contributed by atoms with Gasteiger partial charge in [-0.3, -0.25) is 4.79 Å². The van der Waals surface area contributed by atoms with Crippen LogP contribution in [0.15, 0.2) is 6.08 Å². The summed E-state index contributed by atoms with van der Waals surface area (Å²) >= 11 is 0. The lowest BCUT2D eigenvalue weighted by molar-refractivity contribution is -0.132. The largest absolute Gasteiger partial charge is 0.478 e. The lowest BCUT2D eigenvalue weighted by Crippen LogP contribution is -2.08. The number of carbonyl (C=O) groups is 2. The van der Waals surface area contributed by atoms with Crippen molar-refractivity contribution < 1.29 is 19.4 Å². The van der Waals surface area contributed by atoms with Gasteiger partial charge in [-0.2, -0.15) is 0 Å². The zero-order chi connectivity index (χ0) is 14.7. The Kier molecular flexibility index (Phi) is 4.48. The standard InChI is InChI=1S/C15H18O4/c1-8-9(2)11(4)15(19-12(5)16)13(10(8)3)6-7-14(17)18/h6-7H,1-5H3,(H,17,18)/b7-6+. The molecular weight excluding hydrogens is 244 g/mol. The van der Waals surface area contributed by atoms with E-state index in [-0.39, 0.29) is 0 Å². The Bertz CT molecular complexity index is 568. The van der Waals surface area contributed by atoms with Gasteiger partial charge in [-0.15, -0.1) is 0 Å². The van der Waals surface area contributed by atoms with E-state index in [4.69, 9.17) is 9.84 Å². The summed E-state index contributed by atoms with van der Waals surface area (Å²) in [4.78, 5) is 21.9. The average Bonchev–Trinajstić information content (AvgIpc) is 2.32. The third-order valence-corrected chi connectivity index (χ3v) is 3.32. The van der Waals surface area contributed by atoms with Crippen molar-refractivity contribution in [1.29, 1.82) is 0 Å². The molecule has 1 rings (SSSR count). The Morgan fingerprint density at radius 3 is 2.00 bits per heavy atom. The molecule has 0 heterocycles. The highest BCUT2D eigenvalue weighted by atomic mass is 16.5. The van der Waals surface area contributed by atoms with Crippen molar-refractivity contribution in [2.24, 2.45) is 0 Å². The summed E-state index contributed by atoms with van der Waals surface area (Å²) in [5.74, 6) is -1.02. The average molecular weight is 262 g/mol. The molecule has 1 aromatic rings. The van der Waals surface area contributed by atoms with Crippen molar-refractivity contribution in [2.45, 2.75) is 34.6 Å². The van der Waals surface area contributed by atoms with Crippen molar-refractivity contribution >= 4 is 18.0 Å². The summed E-state index contributed by atoms with van der Waals surface area (Å²) in [6, 6.07) is 0. The summed E-state index contributed by atoms with van der Waals surface area (Å²) in [6.07, 6.45) is 2.51. The summed E-state index contributed by atoms with van der Waals surface area (Å²) in [6.45, 7) is 8.99. The number of carbonyl (C=O) groups excluding carboxylic acids is 1. The number of esters is 1. The van der Waals surface area contributed by atoms with Crippen LogP contribution in [0.25, 0.3) is 6.08 Å². The molecule has 0 spiro atoms. The van der Waals surface area contributed by atoms with E-state index >= 15 is 0 Å². The second kappa shape index (κ2) is 5.69. The van der Waals surface area contributed by atoms with Crippen LogP contribution in [0.5, 0.6) is 5.75 Å². The zero-order valence-corrected chi connectivity index (χ0v) is 11.8. The highest BCUT2D eigenvalue weighted by Crippen LogP contribution is 2.33. The first kappa shape index (κ1) is 15.0. The quantitative estimate of drug-likeness (QED) is 0.517. The number of aliphatic carboxylic acids is 1. The number of hydrogen-bond acceptors (Lipinski definition) is 3. The molecule has 0 bridgehead atoms. The van der Waals surface area contributed by atoms with E-state index in [0.717, 1.165) is 28.3 Å². The predicted molar refractivity (Wildman–Crippen MR) is 73.4 cm³/mol. The Balaban J connectivity index is 3.56. The Hall–Kier alpha value is -2.10. The second-order valence-electron chi connectivity index (χ2n) is 4.51.